The van der Waals surface area contributed by atoms with E-state index in [4.69, 9.17) is 30.2 Å². The van der Waals surface area contributed by atoms with Gasteiger partial charge in [-0.2, -0.15) is 0 Å². The lowest BCUT2D eigenvalue weighted by Gasteiger charge is -2.12. The number of aryl methyl sites for hydroxylation is 1. The Morgan fingerprint density at radius 3 is 2.29 bits per heavy atom. The number of benzene rings is 1. The van der Waals surface area contributed by atoms with Gasteiger partial charge in [-0.1, -0.05) is 18.8 Å². The summed E-state index contributed by atoms with van der Waals surface area (Å²) in [6.45, 7) is 2.24. The average Bonchev–Trinajstić information content (AvgIpc) is 3.26. The number of ether oxygens (including phenoxy) is 3. The summed E-state index contributed by atoms with van der Waals surface area (Å²) in [6.07, 6.45) is 2.10. The Kier molecular flexibility index (Phi) is 12.9. The van der Waals surface area contributed by atoms with E-state index in [-0.39, 0.29) is 5.92 Å². The van der Waals surface area contributed by atoms with Gasteiger partial charge < -0.3 is 35.3 Å². The normalized spacial score (nSPS) is 11.9. The van der Waals surface area contributed by atoms with Gasteiger partial charge in [0.25, 0.3) is 0 Å². The van der Waals surface area contributed by atoms with Crippen LogP contribution in [0.3, 0.4) is 0 Å². The van der Waals surface area contributed by atoms with Crippen LogP contribution in [0.2, 0.25) is 0 Å². The molecule has 0 bridgehead atoms. The standard InChI is InChI=1S/C20H25NO4S.C4H4O4/c1-14(20(21)22)6-8-17-10-9-16(26-17)5-4-12-25-15-7-11-18(23-2)19(13-15)24-3;5-3(6)1-2-4(7)8/h7,9-11,13-14,20,22H,6,8,12,21H2,1-3H3;1-2H,(H,5,6)(H,7,8)/b;2-1-/t14-,20?;/m1./s1. The van der Waals surface area contributed by atoms with Crippen LogP contribution >= 0.6 is 11.3 Å². The van der Waals surface area contributed by atoms with Crippen LogP contribution in [0, 0.1) is 17.8 Å². The predicted octanol–water partition coefficient (Wildman–Crippen LogP) is 2.75. The quantitative estimate of drug-likeness (QED) is 0.224. The summed E-state index contributed by atoms with van der Waals surface area (Å²) in [5.74, 6) is 5.66. The molecule has 1 heterocycles. The zero-order valence-electron chi connectivity index (χ0n) is 19.2. The Morgan fingerprint density at radius 2 is 1.74 bits per heavy atom. The summed E-state index contributed by atoms with van der Waals surface area (Å²) in [4.78, 5) is 21.3. The minimum atomic E-state index is -1.26. The highest BCUT2D eigenvalue weighted by Crippen LogP contribution is 2.30. The van der Waals surface area contributed by atoms with Gasteiger partial charge in [0.1, 0.15) is 18.6 Å². The van der Waals surface area contributed by atoms with Crippen molar-refractivity contribution in [3.8, 4) is 29.1 Å². The summed E-state index contributed by atoms with van der Waals surface area (Å²) in [5.41, 5.74) is 5.48. The van der Waals surface area contributed by atoms with Crippen LogP contribution in [-0.4, -0.2) is 54.3 Å². The highest BCUT2D eigenvalue weighted by atomic mass is 32.1. The van der Waals surface area contributed by atoms with Crippen LogP contribution in [0.25, 0.3) is 0 Å². The fourth-order valence-electron chi connectivity index (χ4n) is 2.41. The van der Waals surface area contributed by atoms with Gasteiger partial charge >= 0.3 is 11.9 Å². The van der Waals surface area contributed by atoms with Crippen molar-refractivity contribution >= 4 is 23.3 Å². The lowest BCUT2D eigenvalue weighted by Crippen LogP contribution is -2.27. The van der Waals surface area contributed by atoms with Gasteiger partial charge in [0.05, 0.1) is 19.1 Å². The number of rotatable bonds is 10. The zero-order valence-corrected chi connectivity index (χ0v) is 20.0. The van der Waals surface area contributed by atoms with Crippen LogP contribution < -0.4 is 19.9 Å². The number of nitrogens with two attached hydrogens (primary N) is 1. The van der Waals surface area contributed by atoms with Crippen LogP contribution in [0.1, 0.15) is 23.1 Å². The topological polar surface area (TPSA) is 149 Å². The molecule has 2 aromatic rings. The maximum Gasteiger partial charge on any atom is 0.328 e. The largest absolute Gasteiger partial charge is 0.493 e. The van der Waals surface area contributed by atoms with Crippen molar-refractivity contribution < 1.29 is 39.1 Å². The fourth-order valence-corrected chi connectivity index (χ4v) is 3.31. The SMILES string of the molecule is COc1ccc(OCC#Cc2ccc(CC[C@@H](C)C(N)O)s2)cc1OC.O=C(O)/C=C\C(=O)O. The van der Waals surface area contributed by atoms with Gasteiger partial charge in [-0.05, 0) is 43.0 Å². The molecule has 0 saturated carbocycles. The average molecular weight is 492 g/mol. The molecule has 0 aliphatic rings. The summed E-state index contributed by atoms with van der Waals surface area (Å²) >= 11 is 1.66. The molecule has 0 spiro atoms. The monoisotopic (exact) mass is 491 g/mol. The van der Waals surface area contributed by atoms with Gasteiger partial charge in [0.15, 0.2) is 11.5 Å². The first kappa shape index (κ1) is 28.5. The molecule has 0 amide bonds. The first-order valence-electron chi connectivity index (χ1n) is 10.2. The van der Waals surface area contributed by atoms with Crippen molar-refractivity contribution in [1.82, 2.24) is 0 Å². The van der Waals surface area contributed by atoms with E-state index in [1.807, 2.05) is 19.1 Å². The molecule has 184 valence electrons. The summed E-state index contributed by atoms with van der Waals surface area (Å²) in [6, 6.07) is 9.47. The molecule has 0 fully saturated rings. The molecule has 1 aromatic heterocycles. The molecule has 1 unspecified atom stereocenters. The van der Waals surface area contributed by atoms with Crippen molar-refractivity contribution in [3.63, 3.8) is 0 Å². The number of hydrogen-bond donors (Lipinski definition) is 4. The third-order valence-corrected chi connectivity index (χ3v) is 5.40. The molecule has 1 aromatic carbocycles. The number of carboxylic acids is 2. The minimum Gasteiger partial charge on any atom is -0.493 e. The molecule has 9 nitrogen and oxygen atoms in total. The van der Waals surface area contributed by atoms with Crippen molar-refractivity contribution in [2.45, 2.75) is 26.0 Å². The van der Waals surface area contributed by atoms with Gasteiger partial charge in [-0.25, -0.2) is 9.59 Å². The molecule has 2 rings (SSSR count). The second kappa shape index (κ2) is 15.3. The van der Waals surface area contributed by atoms with E-state index in [0.717, 1.165) is 17.7 Å². The van der Waals surface area contributed by atoms with Gasteiger partial charge in [0.2, 0.25) is 0 Å². The van der Waals surface area contributed by atoms with E-state index in [2.05, 4.69) is 17.9 Å². The van der Waals surface area contributed by atoms with Crippen LogP contribution in [0.5, 0.6) is 17.2 Å². The van der Waals surface area contributed by atoms with Crippen molar-refractivity contribution in [2.24, 2.45) is 11.7 Å². The third-order valence-electron chi connectivity index (χ3n) is 4.34. The Morgan fingerprint density at radius 1 is 1.09 bits per heavy atom. The van der Waals surface area contributed by atoms with Gasteiger partial charge in [-0.3, -0.25) is 0 Å². The molecular weight excluding hydrogens is 462 g/mol. The summed E-state index contributed by atoms with van der Waals surface area (Å²) in [5, 5.41) is 25.0. The highest BCUT2D eigenvalue weighted by Gasteiger charge is 2.09. The fraction of sp³-hybridized carbons (Fsp3) is 0.333. The van der Waals surface area contributed by atoms with E-state index in [9.17, 15) is 14.7 Å². The smallest absolute Gasteiger partial charge is 0.328 e. The van der Waals surface area contributed by atoms with E-state index in [0.29, 0.717) is 36.0 Å². The summed E-state index contributed by atoms with van der Waals surface area (Å²) in [7, 11) is 3.18. The number of carbonyl (C=O) groups is 2. The molecule has 2 atom stereocenters. The third kappa shape index (κ3) is 11.4. The van der Waals surface area contributed by atoms with E-state index in [1.165, 1.54) is 4.88 Å². The van der Waals surface area contributed by atoms with Crippen molar-refractivity contribution in [2.75, 3.05) is 20.8 Å². The first-order chi connectivity index (χ1) is 16.2. The predicted molar refractivity (Wildman–Crippen MR) is 128 cm³/mol. The second-order valence-electron chi connectivity index (χ2n) is 6.89. The molecule has 0 aliphatic carbocycles. The number of hydrogen-bond acceptors (Lipinski definition) is 8. The lowest BCUT2D eigenvalue weighted by atomic mass is 10.0. The summed E-state index contributed by atoms with van der Waals surface area (Å²) < 4.78 is 16.1. The Labute approximate surface area is 202 Å². The van der Waals surface area contributed by atoms with Crippen LogP contribution in [0.4, 0.5) is 0 Å². The van der Waals surface area contributed by atoms with Crippen molar-refractivity contribution in [1.29, 1.82) is 0 Å². The number of thiophene rings is 1. The second-order valence-corrected chi connectivity index (χ2v) is 8.06. The van der Waals surface area contributed by atoms with Crippen LogP contribution in [-0.2, 0) is 16.0 Å². The highest BCUT2D eigenvalue weighted by molar-refractivity contribution is 7.12. The Hall–Kier alpha value is -3.52. The molecular formula is C24H29NO8S. The molecule has 34 heavy (non-hydrogen) atoms. The van der Waals surface area contributed by atoms with Gasteiger partial charge in [0, 0.05) is 23.1 Å². The van der Waals surface area contributed by atoms with E-state index >= 15 is 0 Å². The molecule has 5 N–H and O–H groups in total. The number of methoxy groups -OCH3 is 2. The van der Waals surface area contributed by atoms with Gasteiger partial charge in [-0.15, -0.1) is 11.3 Å². The minimum absolute atomic E-state index is 0.0847. The molecule has 0 saturated heterocycles. The lowest BCUT2D eigenvalue weighted by molar-refractivity contribution is -0.134. The molecule has 0 radical (unpaired) electrons. The Bertz CT molecular complexity index is 1000. The first-order valence-corrected chi connectivity index (χ1v) is 11.0. The van der Waals surface area contributed by atoms with E-state index < -0.39 is 18.2 Å². The number of aliphatic hydroxyl groups excluding tert-OH is 1. The molecule has 0 aliphatic heterocycles. The Balaban J connectivity index is 0.000000620. The number of aliphatic hydroxyl groups is 1. The number of aliphatic carboxylic acids is 2. The van der Waals surface area contributed by atoms with E-state index in [1.54, 1.807) is 37.7 Å². The molecule has 10 heteroatoms. The zero-order chi connectivity index (χ0) is 25.5. The number of carboxylic acid groups (broad SMARTS) is 2. The maximum atomic E-state index is 9.55. The van der Waals surface area contributed by atoms with Crippen LogP contribution in [0.15, 0.2) is 42.5 Å². The van der Waals surface area contributed by atoms with Crippen molar-refractivity contribution in [3.05, 3.63) is 52.2 Å². The maximum absolute atomic E-state index is 9.55.